The Balaban J connectivity index is 2.77. The molecule has 0 aliphatic rings. The fourth-order valence-corrected chi connectivity index (χ4v) is 2.56. The quantitative estimate of drug-likeness (QED) is 0.909. The van der Waals surface area contributed by atoms with Crippen molar-refractivity contribution in [2.24, 2.45) is 5.73 Å². The van der Waals surface area contributed by atoms with Crippen molar-refractivity contribution in [2.45, 2.75) is 25.8 Å². The number of benzene rings is 1. The predicted molar refractivity (Wildman–Crippen MR) is 63.8 cm³/mol. The van der Waals surface area contributed by atoms with Crippen molar-refractivity contribution in [3.8, 4) is 0 Å². The van der Waals surface area contributed by atoms with E-state index in [1.165, 1.54) is 5.56 Å². The Labute approximate surface area is 96.0 Å². The van der Waals surface area contributed by atoms with Crippen LogP contribution in [0, 0.1) is 0 Å². The summed E-state index contributed by atoms with van der Waals surface area (Å²) in [6, 6.07) is 6.52. The number of halogens is 2. The first-order valence-corrected chi connectivity index (χ1v) is 5.91. The van der Waals surface area contributed by atoms with Crippen LogP contribution in [0.2, 0.25) is 0 Å². The normalized spacial score (nSPS) is 12.9. The fourth-order valence-electron chi connectivity index (χ4n) is 1.18. The Bertz CT molecular complexity index is 266. The second kappa shape index (κ2) is 5.13. The van der Waals surface area contributed by atoms with Gasteiger partial charge in [0.2, 0.25) is 0 Å². The van der Waals surface area contributed by atoms with Crippen LogP contribution in [0.1, 0.15) is 18.9 Å². The lowest BCUT2D eigenvalue weighted by molar-refractivity contribution is 0.646. The summed E-state index contributed by atoms with van der Waals surface area (Å²) in [6.07, 6.45) is 1.96. The molecule has 1 atom stereocenters. The van der Waals surface area contributed by atoms with Crippen LogP contribution >= 0.6 is 31.9 Å². The van der Waals surface area contributed by atoms with Crippen LogP contribution in [-0.4, -0.2) is 6.04 Å². The SMILES string of the molecule is CCC(N)Cc1cc(Br)cc(Br)c1. The summed E-state index contributed by atoms with van der Waals surface area (Å²) >= 11 is 6.91. The van der Waals surface area contributed by atoms with Crippen LogP contribution < -0.4 is 5.73 Å². The van der Waals surface area contributed by atoms with E-state index < -0.39 is 0 Å². The van der Waals surface area contributed by atoms with E-state index in [-0.39, 0.29) is 6.04 Å². The minimum absolute atomic E-state index is 0.265. The van der Waals surface area contributed by atoms with Crippen molar-refractivity contribution in [2.75, 3.05) is 0 Å². The Morgan fingerprint density at radius 2 is 1.77 bits per heavy atom. The van der Waals surface area contributed by atoms with E-state index in [1.54, 1.807) is 0 Å². The van der Waals surface area contributed by atoms with Crippen molar-refractivity contribution in [1.29, 1.82) is 0 Å². The molecular formula is C10H13Br2N. The summed E-state index contributed by atoms with van der Waals surface area (Å²) in [4.78, 5) is 0. The van der Waals surface area contributed by atoms with Crippen molar-refractivity contribution >= 4 is 31.9 Å². The third-order valence-electron chi connectivity index (χ3n) is 1.94. The molecule has 72 valence electrons. The van der Waals surface area contributed by atoms with Gasteiger partial charge in [0.1, 0.15) is 0 Å². The van der Waals surface area contributed by atoms with Crippen LogP contribution in [0.15, 0.2) is 27.1 Å². The third-order valence-corrected chi connectivity index (χ3v) is 2.86. The van der Waals surface area contributed by atoms with E-state index in [2.05, 4.69) is 50.9 Å². The van der Waals surface area contributed by atoms with Gasteiger partial charge in [0.25, 0.3) is 0 Å². The van der Waals surface area contributed by atoms with Gasteiger partial charge in [0, 0.05) is 15.0 Å². The average Bonchev–Trinajstić information content (AvgIpc) is 2.02. The molecule has 2 N–H and O–H groups in total. The maximum atomic E-state index is 5.87. The standard InChI is InChI=1S/C10H13Br2N/c1-2-10(13)5-7-3-8(11)6-9(12)4-7/h3-4,6,10H,2,5,13H2,1H3. The van der Waals surface area contributed by atoms with Crippen LogP contribution in [0.5, 0.6) is 0 Å². The van der Waals surface area contributed by atoms with Crippen LogP contribution in [-0.2, 0) is 6.42 Å². The summed E-state index contributed by atoms with van der Waals surface area (Å²) in [5.74, 6) is 0. The zero-order valence-corrected chi connectivity index (χ0v) is 10.7. The fraction of sp³-hybridized carbons (Fsp3) is 0.400. The molecule has 1 unspecified atom stereocenters. The second-order valence-electron chi connectivity index (χ2n) is 3.15. The first kappa shape index (κ1) is 11.2. The summed E-state index contributed by atoms with van der Waals surface area (Å²) in [5, 5.41) is 0. The lowest BCUT2D eigenvalue weighted by Gasteiger charge is -2.09. The van der Waals surface area contributed by atoms with Gasteiger partial charge < -0.3 is 5.73 Å². The lowest BCUT2D eigenvalue weighted by Crippen LogP contribution is -2.21. The first-order valence-electron chi connectivity index (χ1n) is 4.32. The molecule has 0 amide bonds. The highest BCUT2D eigenvalue weighted by atomic mass is 79.9. The Hall–Kier alpha value is 0.140. The summed E-state index contributed by atoms with van der Waals surface area (Å²) in [7, 11) is 0. The van der Waals surface area contributed by atoms with Gasteiger partial charge in [-0.3, -0.25) is 0 Å². The molecule has 0 heterocycles. The Kier molecular flexibility index (Phi) is 4.42. The van der Waals surface area contributed by atoms with Gasteiger partial charge in [-0.1, -0.05) is 38.8 Å². The smallest absolute Gasteiger partial charge is 0.0189 e. The highest BCUT2D eigenvalue weighted by Crippen LogP contribution is 2.20. The zero-order chi connectivity index (χ0) is 9.84. The lowest BCUT2D eigenvalue weighted by atomic mass is 10.1. The molecule has 0 aromatic heterocycles. The second-order valence-corrected chi connectivity index (χ2v) is 4.98. The van der Waals surface area contributed by atoms with Crippen molar-refractivity contribution in [1.82, 2.24) is 0 Å². The molecule has 1 nitrogen and oxygen atoms in total. The number of hydrogen-bond donors (Lipinski definition) is 1. The van der Waals surface area contributed by atoms with Crippen LogP contribution in [0.4, 0.5) is 0 Å². The van der Waals surface area contributed by atoms with Crippen LogP contribution in [0.3, 0.4) is 0 Å². The molecule has 0 radical (unpaired) electrons. The molecule has 13 heavy (non-hydrogen) atoms. The summed E-state index contributed by atoms with van der Waals surface area (Å²) in [6.45, 7) is 2.11. The van der Waals surface area contributed by atoms with E-state index >= 15 is 0 Å². The molecule has 0 saturated heterocycles. The molecule has 3 heteroatoms. The van der Waals surface area contributed by atoms with E-state index in [1.807, 2.05) is 6.07 Å². The van der Waals surface area contributed by atoms with Gasteiger partial charge in [0.05, 0.1) is 0 Å². The molecule has 0 aliphatic heterocycles. The Morgan fingerprint density at radius 3 is 2.23 bits per heavy atom. The van der Waals surface area contributed by atoms with E-state index in [0.717, 1.165) is 21.8 Å². The summed E-state index contributed by atoms with van der Waals surface area (Å²) < 4.78 is 2.19. The first-order chi connectivity index (χ1) is 6.11. The third kappa shape index (κ3) is 3.79. The average molecular weight is 307 g/mol. The summed E-state index contributed by atoms with van der Waals surface area (Å²) in [5.41, 5.74) is 7.15. The van der Waals surface area contributed by atoms with Gasteiger partial charge in [-0.15, -0.1) is 0 Å². The maximum absolute atomic E-state index is 5.87. The topological polar surface area (TPSA) is 26.0 Å². The van der Waals surface area contributed by atoms with Gasteiger partial charge in [-0.05, 0) is 36.6 Å². The molecule has 1 aromatic rings. The monoisotopic (exact) mass is 305 g/mol. The Morgan fingerprint density at radius 1 is 1.23 bits per heavy atom. The predicted octanol–water partition coefficient (Wildman–Crippen LogP) is 3.49. The van der Waals surface area contributed by atoms with Crippen molar-refractivity contribution in [3.05, 3.63) is 32.7 Å². The number of nitrogens with two attached hydrogens (primary N) is 1. The number of hydrogen-bond acceptors (Lipinski definition) is 1. The van der Waals surface area contributed by atoms with Gasteiger partial charge >= 0.3 is 0 Å². The van der Waals surface area contributed by atoms with Gasteiger partial charge in [-0.25, -0.2) is 0 Å². The zero-order valence-electron chi connectivity index (χ0n) is 7.56. The van der Waals surface area contributed by atoms with E-state index in [9.17, 15) is 0 Å². The molecule has 0 saturated carbocycles. The highest BCUT2D eigenvalue weighted by Gasteiger charge is 2.02. The molecule has 0 fully saturated rings. The molecular weight excluding hydrogens is 294 g/mol. The molecule has 1 rings (SSSR count). The van der Waals surface area contributed by atoms with Crippen LogP contribution in [0.25, 0.3) is 0 Å². The molecule has 0 bridgehead atoms. The van der Waals surface area contributed by atoms with E-state index in [4.69, 9.17) is 5.73 Å². The molecule has 0 aliphatic carbocycles. The largest absolute Gasteiger partial charge is 0.327 e. The minimum Gasteiger partial charge on any atom is -0.327 e. The molecule has 0 spiro atoms. The molecule has 1 aromatic carbocycles. The number of rotatable bonds is 3. The van der Waals surface area contributed by atoms with Gasteiger partial charge in [-0.2, -0.15) is 0 Å². The van der Waals surface area contributed by atoms with Gasteiger partial charge in [0.15, 0.2) is 0 Å². The van der Waals surface area contributed by atoms with E-state index in [0.29, 0.717) is 0 Å². The van der Waals surface area contributed by atoms with Crippen molar-refractivity contribution < 1.29 is 0 Å². The van der Waals surface area contributed by atoms with Crippen molar-refractivity contribution in [3.63, 3.8) is 0 Å². The minimum atomic E-state index is 0.265. The maximum Gasteiger partial charge on any atom is 0.0189 e. The highest BCUT2D eigenvalue weighted by molar-refractivity contribution is 9.11.